The first-order chi connectivity index (χ1) is 11.0. The fourth-order valence-corrected chi connectivity index (χ4v) is 4.33. The number of alkyl halides is 3. The van der Waals surface area contributed by atoms with E-state index in [4.69, 9.17) is 13.7 Å². The van der Waals surface area contributed by atoms with E-state index in [1.165, 1.54) is 0 Å². The Bertz CT molecular complexity index is 632. The number of unbranched alkanes of at least 4 members (excludes halogenated alkanes) is 3. The molecule has 0 aliphatic heterocycles. The van der Waals surface area contributed by atoms with E-state index < -0.39 is 36.1 Å². The molecule has 4 nitrogen and oxygen atoms in total. The Morgan fingerprint density at radius 1 is 1.00 bits per heavy atom. The third-order valence-corrected chi connectivity index (χ3v) is 5.35. The van der Waals surface area contributed by atoms with Gasteiger partial charge in [-0.15, -0.1) is 13.2 Å². The SMILES string of the molecule is CCCCCCc1cc2ccccc2[s+]1C(F)(F)F.[O-][I+3]([O-])([O-])[O-]. The second-order valence-electron chi connectivity index (χ2n) is 5.09. The fraction of sp³-hybridized carbons (Fsp3) is 0.467. The Balaban J connectivity index is 0.000000505. The molecule has 0 aliphatic carbocycles. The summed E-state index contributed by atoms with van der Waals surface area (Å²) in [5.74, 6) is 0. The molecule has 1 aromatic heterocycles. The van der Waals surface area contributed by atoms with Crippen molar-refractivity contribution in [1.29, 1.82) is 0 Å². The van der Waals surface area contributed by atoms with Crippen molar-refractivity contribution in [1.82, 2.24) is 0 Å². The van der Waals surface area contributed by atoms with Crippen LogP contribution in [0.25, 0.3) is 10.1 Å². The third-order valence-electron chi connectivity index (χ3n) is 3.23. The van der Waals surface area contributed by atoms with Crippen LogP contribution >= 0.6 is 10.5 Å². The van der Waals surface area contributed by atoms with Gasteiger partial charge in [0.1, 0.15) is 20.1 Å². The van der Waals surface area contributed by atoms with E-state index in [0.717, 1.165) is 31.1 Å². The molecule has 0 saturated carbocycles. The highest BCUT2D eigenvalue weighted by Gasteiger charge is 2.47. The molecule has 136 valence electrons. The third kappa shape index (κ3) is 7.62. The van der Waals surface area contributed by atoms with Gasteiger partial charge in [0.15, 0.2) is 9.58 Å². The number of thiophene rings is 1. The van der Waals surface area contributed by atoms with E-state index in [2.05, 4.69) is 6.92 Å². The lowest BCUT2D eigenvalue weighted by molar-refractivity contribution is -2.00. The van der Waals surface area contributed by atoms with Gasteiger partial charge in [-0.05, 0) is 18.6 Å². The molecule has 0 saturated heterocycles. The highest BCUT2D eigenvalue weighted by molar-refractivity contribution is 7.38. The van der Waals surface area contributed by atoms with Gasteiger partial charge in [-0.3, -0.25) is 13.7 Å². The van der Waals surface area contributed by atoms with E-state index in [9.17, 15) is 13.2 Å². The molecule has 24 heavy (non-hydrogen) atoms. The number of rotatable bonds is 5. The minimum absolute atomic E-state index is 0.445. The van der Waals surface area contributed by atoms with Crippen molar-refractivity contribution >= 4 is 20.6 Å². The lowest BCUT2D eigenvalue weighted by atomic mass is 10.1. The molecule has 0 fully saturated rings. The molecule has 2 aromatic rings. The Morgan fingerprint density at radius 2 is 1.58 bits per heavy atom. The summed E-state index contributed by atoms with van der Waals surface area (Å²) in [4.78, 5) is 0.560. The van der Waals surface area contributed by atoms with Crippen LogP contribution in [0.4, 0.5) is 13.2 Å². The number of hydrogen-bond donors (Lipinski definition) is 0. The first-order valence-electron chi connectivity index (χ1n) is 7.26. The van der Waals surface area contributed by atoms with Crippen LogP contribution in [0.3, 0.4) is 0 Å². The Hall–Kier alpha value is -0.460. The minimum atomic E-state index is -5.94. The van der Waals surface area contributed by atoms with Gasteiger partial charge in [0.2, 0.25) is 0 Å². The predicted molar refractivity (Wildman–Crippen MR) is 75.6 cm³/mol. The van der Waals surface area contributed by atoms with E-state index in [-0.39, 0.29) is 0 Å². The zero-order valence-corrected chi connectivity index (χ0v) is 15.9. The van der Waals surface area contributed by atoms with Crippen LogP contribution in [0.15, 0.2) is 30.3 Å². The molecular formula is C15H18F3IO4S. The van der Waals surface area contributed by atoms with Gasteiger partial charge in [-0.25, -0.2) is 0 Å². The molecule has 0 aliphatic rings. The van der Waals surface area contributed by atoms with Crippen LogP contribution < -0.4 is 33.8 Å². The van der Waals surface area contributed by atoms with Crippen LogP contribution in [-0.4, -0.2) is 0 Å². The maximum atomic E-state index is 13.2. The Kier molecular flexibility index (Phi) is 8.36. The van der Waals surface area contributed by atoms with Crippen LogP contribution in [0, 0.1) is 0 Å². The summed E-state index contributed by atoms with van der Waals surface area (Å²) >= 11 is -5.94. The first-order valence-corrected chi connectivity index (χ1v) is 12.0. The average Bonchev–Trinajstić information content (AvgIpc) is 2.80. The number of halogens is 4. The fourth-order valence-electron chi connectivity index (χ4n) is 2.33. The summed E-state index contributed by atoms with van der Waals surface area (Å²) in [7, 11) is -1.70. The van der Waals surface area contributed by atoms with E-state index in [0.29, 0.717) is 16.0 Å². The van der Waals surface area contributed by atoms with Gasteiger partial charge in [-0.1, -0.05) is 38.3 Å². The summed E-state index contributed by atoms with van der Waals surface area (Å²) in [5.41, 5.74) is -4.15. The van der Waals surface area contributed by atoms with Crippen molar-refractivity contribution < 1.29 is 47.0 Å². The summed E-state index contributed by atoms with van der Waals surface area (Å²) in [6, 6.07) is 8.63. The van der Waals surface area contributed by atoms with Gasteiger partial charge in [-0.2, -0.15) is 0 Å². The normalized spacial score (nSPS) is 12.9. The molecule has 1 heterocycles. The molecule has 9 heteroatoms. The van der Waals surface area contributed by atoms with Gasteiger partial charge in [0.25, 0.3) is 0 Å². The number of hydrogen-bond acceptors (Lipinski definition) is 4. The summed E-state index contributed by atoms with van der Waals surface area (Å²) < 4.78 is 74.6. The monoisotopic (exact) mass is 478 g/mol. The predicted octanol–water partition coefficient (Wildman–Crippen LogP) is -1.56. The van der Waals surface area contributed by atoms with Crippen LogP contribution in [0.5, 0.6) is 0 Å². The van der Waals surface area contributed by atoms with Crippen molar-refractivity contribution in [2.75, 3.05) is 0 Å². The first kappa shape index (κ1) is 21.6. The molecule has 1 unspecified atom stereocenters. The van der Waals surface area contributed by atoms with Crippen molar-refractivity contribution in [3.8, 4) is 0 Å². The molecule has 1 aromatic carbocycles. The van der Waals surface area contributed by atoms with Gasteiger partial charge in [0.05, 0.1) is 10.5 Å². The minimum Gasteiger partial charge on any atom is -0.286 e. The molecule has 0 N–H and O–H groups in total. The standard InChI is InChI=1S/C15H18F3S.IO4/c1-2-3-4-5-9-13-11-12-8-6-7-10-14(12)19(13)15(16,17)18;2-1(3,4)5/h6-8,10-11H,2-5,9H2,1H3;/q+1;-1. The van der Waals surface area contributed by atoms with Crippen molar-refractivity contribution in [3.05, 3.63) is 35.2 Å². The van der Waals surface area contributed by atoms with Crippen LogP contribution in [-0.2, 0) is 11.9 Å². The lowest BCUT2D eigenvalue weighted by Crippen LogP contribution is -4.29. The number of benzene rings is 1. The molecule has 0 bridgehead atoms. The second-order valence-corrected chi connectivity index (χ2v) is 9.29. The van der Waals surface area contributed by atoms with Gasteiger partial charge >= 0.3 is 5.51 Å². The summed E-state index contributed by atoms with van der Waals surface area (Å²) in [6.45, 7) is 2.10. The molecule has 0 spiro atoms. The maximum Gasteiger partial charge on any atom is 0.600 e. The van der Waals surface area contributed by atoms with Crippen molar-refractivity contribution in [2.45, 2.75) is 44.5 Å². The second kappa shape index (κ2) is 9.30. The largest absolute Gasteiger partial charge is 0.600 e. The zero-order chi connectivity index (χ0) is 18.4. The van der Waals surface area contributed by atoms with E-state index in [1.807, 2.05) is 0 Å². The lowest BCUT2D eigenvalue weighted by Gasteiger charge is -2.08. The zero-order valence-electron chi connectivity index (χ0n) is 13.0. The van der Waals surface area contributed by atoms with Crippen molar-refractivity contribution in [2.24, 2.45) is 0 Å². The number of fused-ring (bicyclic) bond motifs is 1. The summed E-state index contributed by atoms with van der Waals surface area (Å²) in [5, 5.41) is 0.744. The maximum absolute atomic E-state index is 13.2. The molecule has 0 radical (unpaired) electrons. The van der Waals surface area contributed by atoms with Crippen LogP contribution in [0.2, 0.25) is 0 Å². The van der Waals surface area contributed by atoms with E-state index in [1.54, 1.807) is 30.3 Å². The quantitative estimate of drug-likeness (QED) is 0.295. The molecule has 0 amide bonds. The topological polar surface area (TPSA) is 92.2 Å². The van der Waals surface area contributed by atoms with Crippen molar-refractivity contribution in [3.63, 3.8) is 0 Å². The van der Waals surface area contributed by atoms with Gasteiger partial charge in [0, 0.05) is 17.9 Å². The molecule has 1 atom stereocenters. The highest BCUT2D eigenvalue weighted by atomic mass is 127. The number of aryl methyl sites for hydroxylation is 1. The highest BCUT2D eigenvalue weighted by Crippen LogP contribution is 2.51. The van der Waals surface area contributed by atoms with E-state index >= 15 is 0 Å². The Morgan fingerprint density at radius 3 is 2.12 bits per heavy atom. The van der Waals surface area contributed by atoms with Crippen LogP contribution in [0.1, 0.15) is 37.5 Å². The molecular weight excluding hydrogens is 460 g/mol. The molecule has 2 rings (SSSR count). The summed E-state index contributed by atoms with van der Waals surface area (Å²) in [6.07, 6.45) is 4.63. The van der Waals surface area contributed by atoms with Gasteiger partial charge < -0.3 is 0 Å². The Labute approximate surface area is 147 Å². The smallest absolute Gasteiger partial charge is 0.286 e. The average molecular weight is 478 g/mol.